The molecular formula is C5H8N4O2. The normalized spacial score (nSPS) is 11.5. The molecule has 0 spiro atoms. The number of hydrogen-bond donors (Lipinski definition) is 4. The lowest BCUT2D eigenvalue weighted by atomic mass is 10.5. The number of aliphatic imine (C=N–C) groups is 1. The Kier molecular flexibility index (Phi) is 1.98. The number of nitrogens with two attached hydrogens (primary N) is 2. The minimum absolute atomic E-state index is 0.141. The summed E-state index contributed by atoms with van der Waals surface area (Å²) >= 11 is 0. The molecule has 0 radical (unpaired) electrons. The van der Waals surface area contributed by atoms with Gasteiger partial charge in [0.2, 0.25) is 5.96 Å². The molecule has 0 aliphatic carbocycles. The number of nitrogen functional groups attached to an aromatic ring is 1. The van der Waals surface area contributed by atoms with Crippen LogP contribution >= 0.6 is 0 Å². The zero-order valence-corrected chi connectivity index (χ0v) is 5.61. The Morgan fingerprint density at radius 1 is 1.64 bits per heavy atom. The second-order valence-corrected chi connectivity index (χ2v) is 1.82. The number of nitrogens with zero attached hydrogens (tertiary/aromatic N) is 1. The first-order valence-corrected chi connectivity index (χ1v) is 2.80. The van der Waals surface area contributed by atoms with Crippen LogP contribution in [0.2, 0.25) is 0 Å². The molecule has 0 aromatic carbocycles. The lowest BCUT2D eigenvalue weighted by Crippen LogP contribution is -2.27. The van der Waals surface area contributed by atoms with E-state index in [1.54, 1.807) is 5.48 Å². The van der Waals surface area contributed by atoms with Gasteiger partial charge in [-0.2, -0.15) is 0 Å². The van der Waals surface area contributed by atoms with Crippen molar-refractivity contribution in [3.05, 3.63) is 12.5 Å². The summed E-state index contributed by atoms with van der Waals surface area (Å²) in [6.07, 6.45) is 2.64. The maximum atomic E-state index is 8.25. The maximum absolute atomic E-state index is 8.25. The number of hydrogen-bond acceptors (Lipinski definition) is 4. The van der Waals surface area contributed by atoms with Crippen molar-refractivity contribution in [3.8, 4) is 0 Å². The van der Waals surface area contributed by atoms with Crippen molar-refractivity contribution in [1.29, 1.82) is 0 Å². The molecule has 11 heavy (non-hydrogen) atoms. The number of guanidine groups is 1. The monoisotopic (exact) mass is 156 g/mol. The Morgan fingerprint density at radius 2 is 2.36 bits per heavy atom. The molecule has 1 rings (SSSR count). The molecule has 6 nitrogen and oxygen atoms in total. The van der Waals surface area contributed by atoms with Crippen molar-refractivity contribution >= 4 is 17.3 Å². The highest BCUT2D eigenvalue weighted by atomic mass is 16.5. The fourth-order valence-corrected chi connectivity index (χ4v) is 0.546. The van der Waals surface area contributed by atoms with E-state index >= 15 is 0 Å². The van der Waals surface area contributed by atoms with Crippen LogP contribution in [0.5, 0.6) is 0 Å². The Bertz CT molecular complexity index is 267. The van der Waals surface area contributed by atoms with Gasteiger partial charge in [-0.1, -0.05) is 0 Å². The molecule has 0 fully saturated rings. The van der Waals surface area contributed by atoms with Gasteiger partial charge in [0.1, 0.15) is 18.2 Å². The molecule has 1 aromatic rings. The smallest absolute Gasteiger partial charge is 0.218 e. The standard InChI is InChI=1S/C5H8N4O2/c6-3-1-11-2-4(3)8-5(7)9-10/h1-2,10H,6H2,(H3,7,8,9). The van der Waals surface area contributed by atoms with Crippen molar-refractivity contribution in [3.63, 3.8) is 0 Å². The van der Waals surface area contributed by atoms with Crippen LogP contribution in [0.3, 0.4) is 0 Å². The van der Waals surface area contributed by atoms with Crippen molar-refractivity contribution in [1.82, 2.24) is 5.48 Å². The molecule has 0 unspecified atom stereocenters. The zero-order valence-electron chi connectivity index (χ0n) is 5.61. The van der Waals surface area contributed by atoms with Gasteiger partial charge in [0.25, 0.3) is 0 Å². The number of hydroxylamine groups is 1. The average Bonchev–Trinajstić information content (AvgIpc) is 2.37. The fraction of sp³-hybridized carbons (Fsp3) is 0. The summed E-state index contributed by atoms with van der Waals surface area (Å²) in [6, 6.07) is 0. The molecule has 6 N–H and O–H groups in total. The molecule has 1 heterocycles. The fourth-order valence-electron chi connectivity index (χ4n) is 0.546. The SMILES string of the molecule is NC(=Nc1cocc1N)NO. The lowest BCUT2D eigenvalue weighted by Gasteiger charge is -1.94. The van der Waals surface area contributed by atoms with E-state index in [-0.39, 0.29) is 5.96 Å². The van der Waals surface area contributed by atoms with Gasteiger partial charge < -0.3 is 15.9 Å². The van der Waals surface area contributed by atoms with Crippen LogP contribution in [0.4, 0.5) is 11.4 Å². The average molecular weight is 156 g/mol. The summed E-state index contributed by atoms with van der Waals surface area (Å²) in [6.45, 7) is 0. The summed E-state index contributed by atoms with van der Waals surface area (Å²) in [4.78, 5) is 3.65. The van der Waals surface area contributed by atoms with Crippen LogP contribution < -0.4 is 16.9 Å². The first kappa shape index (κ1) is 7.42. The van der Waals surface area contributed by atoms with Crippen LogP contribution in [0.15, 0.2) is 21.9 Å². The molecule has 0 bridgehead atoms. The minimum atomic E-state index is -0.141. The second kappa shape index (κ2) is 2.93. The predicted molar refractivity (Wildman–Crippen MR) is 39.3 cm³/mol. The van der Waals surface area contributed by atoms with Gasteiger partial charge in [-0.05, 0) is 0 Å². The van der Waals surface area contributed by atoms with E-state index in [9.17, 15) is 0 Å². The van der Waals surface area contributed by atoms with Crippen molar-refractivity contribution in [2.45, 2.75) is 0 Å². The van der Waals surface area contributed by atoms with E-state index in [0.29, 0.717) is 11.4 Å². The number of furan rings is 1. The van der Waals surface area contributed by atoms with Crippen LogP contribution in [0.1, 0.15) is 0 Å². The highest BCUT2D eigenvalue weighted by molar-refractivity contribution is 5.81. The van der Waals surface area contributed by atoms with Gasteiger partial charge in [0.15, 0.2) is 0 Å². The topological polar surface area (TPSA) is 110 Å². The molecule has 6 heteroatoms. The van der Waals surface area contributed by atoms with Gasteiger partial charge in [-0.15, -0.1) is 0 Å². The summed E-state index contributed by atoms with van der Waals surface area (Å²) < 4.78 is 4.69. The van der Waals surface area contributed by atoms with Crippen LogP contribution in [-0.2, 0) is 0 Å². The molecule has 0 saturated carbocycles. The van der Waals surface area contributed by atoms with Crippen molar-refractivity contribution in [2.75, 3.05) is 5.73 Å². The van der Waals surface area contributed by atoms with Gasteiger partial charge in [-0.3, -0.25) is 5.21 Å². The molecule has 0 saturated heterocycles. The van der Waals surface area contributed by atoms with Crippen LogP contribution in [0, 0.1) is 0 Å². The lowest BCUT2D eigenvalue weighted by molar-refractivity contribution is 0.233. The quantitative estimate of drug-likeness (QED) is 0.255. The van der Waals surface area contributed by atoms with Gasteiger partial charge in [-0.25, -0.2) is 10.5 Å². The highest BCUT2D eigenvalue weighted by Crippen LogP contribution is 2.21. The summed E-state index contributed by atoms with van der Waals surface area (Å²) in [5, 5.41) is 8.25. The first-order valence-electron chi connectivity index (χ1n) is 2.80. The maximum Gasteiger partial charge on any atom is 0.218 e. The molecular weight excluding hydrogens is 148 g/mol. The number of rotatable bonds is 1. The van der Waals surface area contributed by atoms with Crippen LogP contribution in [0.25, 0.3) is 0 Å². The zero-order chi connectivity index (χ0) is 8.27. The minimum Gasteiger partial charge on any atom is -0.468 e. The number of nitrogens with one attached hydrogen (secondary N) is 1. The Morgan fingerprint density at radius 3 is 2.82 bits per heavy atom. The molecule has 60 valence electrons. The van der Waals surface area contributed by atoms with Gasteiger partial charge in [0, 0.05) is 0 Å². The molecule has 0 atom stereocenters. The van der Waals surface area contributed by atoms with E-state index in [1.807, 2.05) is 0 Å². The van der Waals surface area contributed by atoms with E-state index in [1.165, 1.54) is 12.5 Å². The summed E-state index contributed by atoms with van der Waals surface area (Å²) in [5.74, 6) is -0.141. The van der Waals surface area contributed by atoms with E-state index in [4.69, 9.17) is 21.1 Å². The third kappa shape index (κ3) is 1.62. The van der Waals surface area contributed by atoms with Crippen molar-refractivity contribution < 1.29 is 9.62 Å². The Labute approximate surface area is 62.5 Å². The second-order valence-electron chi connectivity index (χ2n) is 1.82. The Balaban J connectivity index is 2.86. The van der Waals surface area contributed by atoms with Crippen LogP contribution in [-0.4, -0.2) is 11.2 Å². The van der Waals surface area contributed by atoms with E-state index < -0.39 is 0 Å². The summed E-state index contributed by atoms with van der Waals surface area (Å²) in [5.41, 5.74) is 12.9. The number of anilines is 1. The molecule has 0 aliphatic heterocycles. The highest BCUT2D eigenvalue weighted by Gasteiger charge is 1.99. The summed E-state index contributed by atoms with van der Waals surface area (Å²) in [7, 11) is 0. The van der Waals surface area contributed by atoms with Gasteiger partial charge >= 0.3 is 0 Å². The third-order valence-electron chi connectivity index (χ3n) is 1.03. The van der Waals surface area contributed by atoms with Crippen molar-refractivity contribution in [2.24, 2.45) is 10.7 Å². The van der Waals surface area contributed by atoms with E-state index in [0.717, 1.165) is 0 Å². The largest absolute Gasteiger partial charge is 0.468 e. The molecule has 0 amide bonds. The predicted octanol–water partition coefficient (Wildman–Crippen LogP) is -0.213. The first-order chi connectivity index (χ1) is 5.24. The van der Waals surface area contributed by atoms with Gasteiger partial charge in [0.05, 0.1) is 5.69 Å². The molecule has 0 aliphatic rings. The molecule has 1 aromatic heterocycles. The Hall–Kier alpha value is -1.69. The third-order valence-corrected chi connectivity index (χ3v) is 1.03. The van der Waals surface area contributed by atoms with E-state index in [2.05, 4.69) is 4.99 Å².